The average molecular weight is 477 g/mol. The van der Waals surface area contributed by atoms with Gasteiger partial charge >= 0.3 is 0 Å². The molecule has 35 heavy (non-hydrogen) atoms. The Morgan fingerprint density at radius 3 is 2.11 bits per heavy atom. The van der Waals surface area contributed by atoms with E-state index in [2.05, 4.69) is 58.3 Å². The van der Waals surface area contributed by atoms with E-state index in [9.17, 15) is 0 Å². The van der Waals surface area contributed by atoms with Gasteiger partial charge in [0.25, 0.3) is 0 Å². The molecule has 3 aromatic carbocycles. The van der Waals surface area contributed by atoms with Crippen molar-refractivity contribution in [3.05, 3.63) is 83.4 Å². The van der Waals surface area contributed by atoms with Crippen LogP contribution >= 0.6 is 0 Å². The number of ether oxygens (including phenoxy) is 4. The van der Waals surface area contributed by atoms with Crippen molar-refractivity contribution < 1.29 is 18.9 Å². The highest BCUT2D eigenvalue weighted by Gasteiger charge is 2.20. The molecular weight excluding hydrogens is 440 g/mol. The number of hydrogen-bond acceptors (Lipinski definition) is 6. The number of nitrogens with zero attached hydrogens (tertiary/aromatic N) is 2. The quantitative estimate of drug-likeness (QED) is 0.406. The van der Waals surface area contributed by atoms with E-state index < -0.39 is 0 Å². The Morgan fingerprint density at radius 2 is 1.40 bits per heavy atom. The summed E-state index contributed by atoms with van der Waals surface area (Å²) in [6.45, 7) is 6.42. The van der Waals surface area contributed by atoms with Crippen LogP contribution in [0.3, 0.4) is 0 Å². The van der Waals surface area contributed by atoms with Gasteiger partial charge in [-0.2, -0.15) is 0 Å². The fourth-order valence-corrected chi connectivity index (χ4v) is 4.55. The van der Waals surface area contributed by atoms with Crippen molar-refractivity contribution in [1.82, 2.24) is 9.80 Å². The molecule has 1 heterocycles. The molecule has 3 aromatic rings. The van der Waals surface area contributed by atoms with E-state index in [-0.39, 0.29) is 0 Å². The van der Waals surface area contributed by atoms with Crippen LogP contribution in [-0.2, 0) is 13.0 Å². The smallest absolute Gasteiger partial charge is 0.165 e. The summed E-state index contributed by atoms with van der Waals surface area (Å²) in [6, 6.07) is 22.8. The molecule has 6 heteroatoms. The predicted molar refractivity (Wildman–Crippen MR) is 139 cm³/mol. The summed E-state index contributed by atoms with van der Waals surface area (Å²) >= 11 is 0. The van der Waals surface area contributed by atoms with Gasteiger partial charge in [0.05, 0.1) is 21.3 Å². The maximum atomic E-state index is 6.22. The van der Waals surface area contributed by atoms with Crippen molar-refractivity contribution in [2.75, 3.05) is 60.7 Å². The Morgan fingerprint density at radius 1 is 0.686 bits per heavy atom. The van der Waals surface area contributed by atoms with Gasteiger partial charge in [0, 0.05) is 57.3 Å². The monoisotopic (exact) mass is 476 g/mol. The summed E-state index contributed by atoms with van der Waals surface area (Å²) in [6.07, 6.45) is 0.883. The van der Waals surface area contributed by atoms with Crippen molar-refractivity contribution in [3.8, 4) is 23.0 Å². The second kappa shape index (κ2) is 12.5. The van der Waals surface area contributed by atoms with Gasteiger partial charge in [0.1, 0.15) is 18.1 Å². The third kappa shape index (κ3) is 6.68. The number of para-hydroxylation sites is 1. The maximum Gasteiger partial charge on any atom is 0.165 e. The zero-order chi connectivity index (χ0) is 24.5. The fraction of sp³-hybridized carbons (Fsp3) is 0.379. The highest BCUT2D eigenvalue weighted by atomic mass is 16.5. The van der Waals surface area contributed by atoms with Crippen LogP contribution in [0.2, 0.25) is 0 Å². The zero-order valence-electron chi connectivity index (χ0n) is 21.0. The Bertz CT molecular complexity index is 1070. The molecule has 186 valence electrons. The van der Waals surface area contributed by atoms with Gasteiger partial charge in [-0.1, -0.05) is 48.5 Å². The highest BCUT2D eigenvalue weighted by molar-refractivity contribution is 5.51. The SMILES string of the molecule is COc1cc(CN2CCN(CCOc3ccccc3Cc3ccccc3)CC2)c(OC)c(OC)c1. The molecule has 0 amide bonds. The molecule has 0 spiro atoms. The van der Waals surface area contributed by atoms with Crippen LogP contribution in [-0.4, -0.2) is 70.5 Å². The standard InChI is InChI=1S/C29H36N2O4/c1-32-26-20-25(29(34-3)28(21-26)33-2)22-31-15-13-30(14-16-31)17-18-35-27-12-8-7-11-24(27)19-23-9-5-4-6-10-23/h4-12,20-21H,13-19,22H2,1-3H3. The van der Waals surface area contributed by atoms with Crippen LogP contribution in [0.5, 0.6) is 23.0 Å². The largest absolute Gasteiger partial charge is 0.497 e. The van der Waals surface area contributed by atoms with Crippen LogP contribution < -0.4 is 18.9 Å². The van der Waals surface area contributed by atoms with Crippen molar-refractivity contribution in [2.24, 2.45) is 0 Å². The van der Waals surface area contributed by atoms with Gasteiger partial charge < -0.3 is 18.9 Å². The van der Waals surface area contributed by atoms with Gasteiger partial charge in [0.15, 0.2) is 11.5 Å². The second-order valence-electron chi connectivity index (χ2n) is 8.76. The average Bonchev–Trinajstić information content (AvgIpc) is 2.90. The number of rotatable bonds is 11. The minimum absolute atomic E-state index is 0.687. The molecule has 0 saturated carbocycles. The fourth-order valence-electron chi connectivity index (χ4n) is 4.55. The lowest BCUT2D eigenvalue weighted by Gasteiger charge is -2.35. The van der Waals surface area contributed by atoms with E-state index >= 15 is 0 Å². The van der Waals surface area contributed by atoms with Gasteiger partial charge in [0.2, 0.25) is 0 Å². The second-order valence-corrected chi connectivity index (χ2v) is 8.76. The molecule has 6 nitrogen and oxygen atoms in total. The predicted octanol–water partition coefficient (Wildman–Crippen LogP) is 4.50. The Kier molecular flexibility index (Phi) is 8.87. The number of benzene rings is 3. The third-order valence-electron chi connectivity index (χ3n) is 6.50. The molecule has 0 radical (unpaired) electrons. The maximum absolute atomic E-state index is 6.22. The van der Waals surface area contributed by atoms with Crippen molar-refractivity contribution in [1.29, 1.82) is 0 Å². The van der Waals surface area contributed by atoms with E-state index in [4.69, 9.17) is 18.9 Å². The first-order valence-corrected chi connectivity index (χ1v) is 12.2. The van der Waals surface area contributed by atoms with Crippen molar-refractivity contribution in [2.45, 2.75) is 13.0 Å². The third-order valence-corrected chi connectivity index (χ3v) is 6.50. The molecule has 0 N–H and O–H groups in total. The van der Waals surface area contributed by atoms with Crippen LogP contribution in [0.4, 0.5) is 0 Å². The Hall–Kier alpha value is -3.22. The zero-order valence-corrected chi connectivity index (χ0v) is 21.0. The minimum atomic E-state index is 0.687. The summed E-state index contributed by atoms with van der Waals surface area (Å²) in [5.41, 5.74) is 3.60. The van der Waals surface area contributed by atoms with E-state index in [1.165, 1.54) is 11.1 Å². The van der Waals surface area contributed by atoms with Gasteiger partial charge in [-0.05, 0) is 23.3 Å². The highest BCUT2D eigenvalue weighted by Crippen LogP contribution is 2.36. The molecule has 0 aromatic heterocycles. The first-order chi connectivity index (χ1) is 17.2. The lowest BCUT2D eigenvalue weighted by Crippen LogP contribution is -2.47. The molecule has 0 aliphatic carbocycles. The summed E-state index contributed by atoms with van der Waals surface area (Å²) in [7, 11) is 5.01. The lowest BCUT2D eigenvalue weighted by molar-refractivity contribution is 0.111. The summed E-state index contributed by atoms with van der Waals surface area (Å²) in [5.74, 6) is 3.23. The first kappa shape index (κ1) is 24.9. The van der Waals surface area contributed by atoms with E-state index in [1.54, 1.807) is 21.3 Å². The Balaban J connectivity index is 1.27. The molecule has 1 fully saturated rings. The molecular formula is C29H36N2O4. The van der Waals surface area contributed by atoms with Crippen LogP contribution in [0, 0.1) is 0 Å². The first-order valence-electron chi connectivity index (χ1n) is 12.2. The number of methoxy groups -OCH3 is 3. The summed E-state index contributed by atoms with van der Waals surface area (Å²) in [5, 5.41) is 0. The molecule has 4 rings (SSSR count). The minimum Gasteiger partial charge on any atom is -0.497 e. The summed E-state index contributed by atoms with van der Waals surface area (Å²) in [4.78, 5) is 4.92. The number of hydrogen-bond donors (Lipinski definition) is 0. The summed E-state index contributed by atoms with van der Waals surface area (Å²) < 4.78 is 22.8. The normalized spacial score (nSPS) is 14.5. The van der Waals surface area contributed by atoms with Crippen LogP contribution in [0.25, 0.3) is 0 Å². The molecule has 0 unspecified atom stereocenters. The lowest BCUT2D eigenvalue weighted by atomic mass is 10.0. The molecule has 1 aliphatic rings. The van der Waals surface area contributed by atoms with E-state index in [0.29, 0.717) is 12.4 Å². The van der Waals surface area contributed by atoms with Crippen molar-refractivity contribution >= 4 is 0 Å². The van der Waals surface area contributed by atoms with E-state index in [0.717, 1.165) is 68.5 Å². The van der Waals surface area contributed by atoms with Crippen LogP contribution in [0.15, 0.2) is 66.7 Å². The van der Waals surface area contributed by atoms with Gasteiger partial charge in [-0.3, -0.25) is 9.80 Å². The topological polar surface area (TPSA) is 43.4 Å². The molecule has 1 aliphatic heterocycles. The number of piperazine rings is 1. The van der Waals surface area contributed by atoms with Gasteiger partial charge in [-0.15, -0.1) is 0 Å². The van der Waals surface area contributed by atoms with Crippen LogP contribution in [0.1, 0.15) is 16.7 Å². The van der Waals surface area contributed by atoms with Crippen molar-refractivity contribution in [3.63, 3.8) is 0 Å². The van der Waals surface area contributed by atoms with E-state index in [1.807, 2.05) is 18.2 Å². The Labute approximate surface area is 209 Å². The van der Waals surface area contributed by atoms with Gasteiger partial charge in [-0.25, -0.2) is 0 Å². The molecule has 0 bridgehead atoms. The molecule has 1 saturated heterocycles. The molecule has 0 atom stereocenters.